The first-order chi connectivity index (χ1) is 9.70. The smallest absolute Gasteiger partial charge is 0.341 e. The zero-order chi connectivity index (χ0) is 16.2. The zero-order valence-corrected chi connectivity index (χ0v) is 10.4. The van der Waals surface area contributed by atoms with E-state index in [4.69, 9.17) is 20.4 Å². The maximum atomic E-state index is 11.2. The second kappa shape index (κ2) is 5.90. The molecule has 0 saturated carbocycles. The Morgan fingerprint density at radius 1 is 0.952 bits per heavy atom. The number of benzene rings is 1. The van der Waals surface area contributed by atoms with E-state index in [1.165, 1.54) is 12.1 Å². The van der Waals surface area contributed by atoms with Crippen LogP contribution in [0, 0.1) is 0 Å². The van der Waals surface area contributed by atoms with Crippen molar-refractivity contribution in [3.05, 3.63) is 29.8 Å². The molecule has 112 valence electrons. The van der Waals surface area contributed by atoms with E-state index in [0.29, 0.717) is 0 Å². The van der Waals surface area contributed by atoms with Gasteiger partial charge >= 0.3 is 23.9 Å². The van der Waals surface area contributed by atoms with Gasteiger partial charge in [0.15, 0.2) is 0 Å². The van der Waals surface area contributed by atoms with Gasteiger partial charge in [-0.15, -0.1) is 0 Å². The number of carboxylic acid groups (broad SMARTS) is 4. The highest BCUT2D eigenvalue weighted by molar-refractivity contribution is 6.10. The van der Waals surface area contributed by atoms with Gasteiger partial charge in [0.05, 0.1) is 17.7 Å². The average molecular weight is 297 g/mol. The number of aliphatic carboxylic acids is 3. The highest BCUT2D eigenvalue weighted by Crippen LogP contribution is 2.23. The molecule has 0 amide bonds. The van der Waals surface area contributed by atoms with Crippen molar-refractivity contribution in [2.45, 2.75) is 12.0 Å². The molecule has 1 rings (SSSR count). The van der Waals surface area contributed by atoms with Gasteiger partial charge in [-0.1, -0.05) is 12.1 Å². The van der Waals surface area contributed by atoms with Crippen LogP contribution in [-0.2, 0) is 14.4 Å². The third kappa shape index (κ3) is 3.26. The first-order valence-electron chi connectivity index (χ1n) is 5.50. The minimum atomic E-state index is -2.88. The molecule has 0 unspecified atom stereocenters. The first-order valence-corrected chi connectivity index (χ1v) is 5.50. The van der Waals surface area contributed by atoms with E-state index in [-0.39, 0.29) is 11.3 Å². The second-order valence-corrected chi connectivity index (χ2v) is 4.06. The van der Waals surface area contributed by atoms with Gasteiger partial charge in [0.2, 0.25) is 5.54 Å². The van der Waals surface area contributed by atoms with Crippen LogP contribution in [0.5, 0.6) is 0 Å². The Hall–Kier alpha value is -3.10. The summed E-state index contributed by atoms with van der Waals surface area (Å²) in [6, 6.07) is 4.98. The van der Waals surface area contributed by atoms with Crippen LogP contribution in [0.15, 0.2) is 24.3 Å². The van der Waals surface area contributed by atoms with Crippen molar-refractivity contribution < 1.29 is 39.6 Å². The fraction of sp³-hybridized carbons (Fsp3) is 0.167. The van der Waals surface area contributed by atoms with E-state index in [1.54, 1.807) is 0 Å². The van der Waals surface area contributed by atoms with Crippen LogP contribution in [0.25, 0.3) is 0 Å². The second-order valence-electron chi connectivity index (χ2n) is 4.06. The minimum absolute atomic E-state index is 0.309. The summed E-state index contributed by atoms with van der Waals surface area (Å²) in [6.45, 7) is 0. The predicted octanol–water partition coefficient (Wildman–Crippen LogP) is 0.179. The molecule has 0 radical (unpaired) electrons. The molecule has 0 fully saturated rings. The van der Waals surface area contributed by atoms with E-state index < -0.39 is 35.8 Å². The van der Waals surface area contributed by atoms with Crippen LogP contribution in [0.3, 0.4) is 0 Å². The number of aromatic carboxylic acids is 1. The van der Waals surface area contributed by atoms with Crippen LogP contribution in [0.4, 0.5) is 5.69 Å². The first kappa shape index (κ1) is 16.0. The molecule has 0 bridgehead atoms. The van der Waals surface area contributed by atoms with Crippen LogP contribution < -0.4 is 5.32 Å². The molecule has 1 aromatic carbocycles. The lowest BCUT2D eigenvalue weighted by atomic mass is 9.94. The molecule has 0 aliphatic rings. The third-order valence-corrected chi connectivity index (χ3v) is 2.65. The van der Waals surface area contributed by atoms with Gasteiger partial charge in [-0.25, -0.2) is 14.4 Å². The topological polar surface area (TPSA) is 161 Å². The Labute approximate surface area is 117 Å². The molecule has 0 spiro atoms. The Morgan fingerprint density at radius 3 is 1.90 bits per heavy atom. The zero-order valence-electron chi connectivity index (χ0n) is 10.4. The molecule has 0 heterocycles. The van der Waals surface area contributed by atoms with Crippen molar-refractivity contribution >= 4 is 29.6 Å². The van der Waals surface area contributed by atoms with Crippen molar-refractivity contribution in [2.24, 2.45) is 0 Å². The van der Waals surface area contributed by atoms with Crippen molar-refractivity contribution in [1.29, 1.82) is 0 Å². The van der Waals surface area contributed by atoms with Gasteiger partial charge in [0.1, 0.15) is 0 Å². The standard InChI is InChI=1S/C12H11NO8/c14-8(15)5-12(10(18)19,11(20)21)13-7-4-2-1-3-6(7)9(16)17/h1-4,13H,5H2,(H,14,15)(H,16,17)(H,18,19)(H,20,21). The van der Waals surface area contributed by atoms with Gasteiger partial charge in [0, 0.05) is 0 Å². The Morgan fingerprint density at radius 2 is 1.48 bits per heavy atom. The lowest BCUT2D eigenvalue weighted by molar-refractivity contribution is -0.160. The summed E-state index contributed by atoms with van der Waals surface area (Å²) < 4.78 is 0. The number of carboxylic acids is 4. The summed E-state index contributed by atoms with van der Waals surface area (Å²) in [6.07, 6.45) is -1.27. The number of para-hydroxylation sites is 1. The summed E-state index contributed by atoms with van der Waals surface area (Å²) in [5.41, 5.74) is -3.57. The van der Waals surface area contributed by atoms with E-state index in [0.717, 1.165) is 12.1 Å². The summed E-state index contributed by atoms with van der Waals surface area (Å²) in [5.74, 6) is -6.98. The molecule has 9 nitrogen and oxygen atoms in total. The normalized spacial score (nSPS) is 10.7. The minimum Gasteiger partial charge on any atom is -0.481 e. The van der Waals surface area contributed by atoms with Crippen molar-refractivity contribution in [3.63, 3.8) is 0 Å². The molecule has 0 aliphatic carbocycles. The maximum absolute atomic E-state index is 11.2. The molecule has 0 aliphatic heterocycles. The number of hydrogen-bond donors (Lipinski definition) is 5. The lowest BCUT2D eigenvalue weighted by Crippen LogP contribution is -2.55. The lowest BCUT2D eigenvalue weighted by Gasteiger charge is -2.26. The maximum Gasteiger partial charge on any atom is 0.341 e. The predicted molar refractivity (Wildman–Crippen MR) is 67.3 cm³/mol. The fourth-order valence-corrected chi connectivity index (χ4v) is 1.63. The molecule has 0 saturated heterocycles. The van der Waals surface area contributed by atoms with Crippen molar-refractivity contribution in [2.75, 3.05) is 5.32 Å². The van der Waals surface area contributed by atoms with E-state index in [1.807, 2.05) is 5.32 Å². The van der Waals surface area contributed by atoms with Gasteiger partial charge < -0.3 is 25.7 Å². The summed E-state index contributed by atoms with van der Waals surface area (Å²) in [7, 11) is 0. The van der Waals surface area contributed by atoms with Crippen LogP contribution >= 0.6 is 0 Å². The Bertz CT molecular complexity index is 595. The quantitative estimate of drug-likeness (QED) is 0.442. The van der Waals surface area contributed by atoms with Crippen LogP contribution in [0.1, 0.15) is 16.8 Å². The van der Waals surface area contributed by atoms with Gasteiger partial charge in [0.25, 0.3) is 0 Å². The number of hydrogen-bond acceptors (Lipinski definition) is 5. The number of nitrogens with one attached hydrogen (secondary N) is 1. The molecular weight excluding hydrogens is 286 g/mol. The molecule has 21 heavy (non-hydrogen) atoms. The van der Waals surface area contributed by atoms with Gasteiger partial charge in [-0.05, 0) is 12.1 Å². The largest absolute Gasteiger partial charge is 0.481 e. The fourth-order valence-electron chi connectivity index (χ4n) is 1.63. The van der Waals surface area contributed by atoms with Crippen molar-refractivity contribution in [3.8, 4) is 0 Å². The Balaban J connectivity index is 3.37. The van der Waals surface area contributed by atoms with Crippen molar-refractivity contribution in [1.82, 2.24) is 0 Å². The molecule has 1 aromatic rings. The average Bonchev–Trinajstić information content (AvgIpc) is 2.37. The van der Waals surface area contributed by atoms with E-state index in [2.05, 4.69) is 0 Å². The van der Waals surface area contributed by atoms with Gasteiger partial charge in [-0.3, -0.25) is 4.79 Å². The third-order valence-electron chi connectivity index (χ3n) is 2.65. The molecular formula is C12H11NO8. The molecule has 0 atom stereocenters. The summed E-state index contributed by atoms with van der Waals surface area (Å²) >= 11 is 0. The van der Waals surface area contributed by atoms with E-state index in [9.17, 15) is 19.2 Å². The SMILES string of the molecule is O=C(O)CC(Nc1ccccc1C(=O)O)(C(=O)O)C(=O)O. The number of rotatable bonds is 7. The highest BCUT2D eigenvalue weighted by atomic mass is 16.4. The Kier molecular flexibility index (Phi) is 4.49. The van der Waals surface area contributed by atoms with Crippen LogP contribution in [0.2, 0.25) is 0 Å². The van der Waals surface area contributed by atoms with E-state index >= 15 is 0 Å². The summed E-state index contributed by atoms with van der Waals surface area (Å²) in [5, 5.41) is 37.9. The number of carbonyl (C=O) groups is 4. The molecule has 5 N–H and O–H groups in total. The molecule has 0 aromatic heterocycles. The number of anilines is 1. The van der Waals surface area contributed by atoms with Crippen LogP contribution in [-0.4, -0.2) is 49.8 Å². The highest BCUT2D eigenvalue weighted by Gasteiger charge is 2.49. The molecule has 9 heteroatoms. The van der Waals surface area contributed by atoms with Gasteiger partial charge in [-0.2, -0.15) is 0 Å². The summed E-state index contributed by atoms with van der Waals surface area (Å²) in [4.78, 5) is 44.2. The monoisotopic (exact) mass is 297 g/mol.